The van der Waals surface area contributed by atoms with E-state index >= 15 is 0 Å². The van der Waals surface area contributed by atoms with E-state index < -0.39 is 0 Å². The van der Waals surface area contributed by atoms with Gasteiger partial charge in [-0.25, -0.2) is 0 Å². The van der Waals surface area contributed by atoms with Gasteiger partial charge in [-0.05, 0) is 0 Å². The Labute approximate surface area is 91.1 Å². The molecule has 0 bridgehead atoms. The Morgan fingerprint density at radius 2 is 1.29 bits per heavy atom. The number of aryl methyl sites for hydroxylation is 1. The van der Waals surface area contributed by atoms with Crippen LogP contribution in [0.5, 0.6) is 0 Å². The van der Waals surface area contributed by atoms with Gasteiger partial charge in [0.2, 0.25) is 0 Å². The maximum absolute atomic E-state index is 2.22. The molecule has 69 valence electrons. The minimum absolute atomic E-state index is 0.453. The summed E-state index contributed by atoms with van der Waals surface area (Å²) < 4.78 is 2.87. The number of benzene rings is 2. The summed E-state index contributed by atoms with van der Waals surface area (Å²) in [5.74, 6) is 0. The van der Waals surface area contributed by atoms with Crippen LogP contribution in [-0.2, 0) is 0 Å². The second-order valence-corrected chi connectivity index (χ2v) is 5.63. The van der Waals surface area contributed by atoms with Crippen LogP contribution in [0.15, 0.2) is 54.6 Å². The fraction of sp³-hybridized carbons (Fsp3) is 0.0769. The Morgan fingerprint density at radius 3 is 1.93 bits per heavy atom. The Bertz CT molecular complexity index is 389. The van der Waals surface area contributed by atoms with Gasteiger partial charge in [0, 0.05) is 0 Å². The molecule has 14 heavy (non-hydrogen) atoms. The molecule has 0 heterocycles. The molecule has 0 saturated heterocycles. The normalized spacial score (nSPS) is 10.1. The summed E-state index contributed by atoms with van der Waals surface area (Å²) in [6, 6.07) is 19.5. The van der Waals surface area contributed by atoms with Gasteiger partial charge < -0.3 is 0 Å². The summed E-state index contributed by atoms with van der Waals surface area (Å²) in [6.07, 6.45) is 0. The first kappa shape index (κ1) is 9.51. The van der Waals surface area contributed by atoms with Gasteiger partial charge in [-0.15, -0.1) is 0 Å². The molecule has 0 aromatic heterocycles. The fourth-order valence-corrected chi connectivity index (χ4v) is 2.99. The van der Waals surface area contributed by atoms with E-state index in [1.807, 2.05) is 0 Å². The van der Waals surface area contributed by atoms with Crippen LogP contribution in [0.3, 0.4) is 0 Å². The van der Waals surface area contributed by atoms with Crippen molar-refractivity contribution in [3.8, 4) is 0 Å². The monoisotopic (exact) mass is 248 g/mol. The van der Waals surface area contributed by atoms with Crippen LogP contribution >= 0.6 is 0 Å². The molecule has 0 fully saturated rings. The maximum atomic E-state index is 2.22. The van der Waals surface area contributed by atoms with E-state index in [0.717, 1.165) is 0 Å². The second-order valence-electron chi connectivity index (χ2n) is 3.23. The summed E-state index contributed by atoms with van der Waals surface area (Å²) in [5.41, 5.74) is 1.33. The first-order chi connectivity index (χ1) is 6.84. The number of rotatable bonds is 2. The molecule has 1 radical (unpaired) electrons. The number of hydrogen-bond acceptors (Lipinski definition) is 0. The van der Waals surface area contributed by atoms with E-state index in [4.69, 9.17) is 0 Å². The second kappa shape index (κ2) is 4.45. The third-order valence-electron chi connectivity index (χ3n) is 2.00. The van der Waals surface area contributed by atoms with E-state index in [-0.39, 0.29) is 0 Å². The molecule has 2 rings (SSSR count). The van der Waals surface area contributed by atoms with Gasteiger partial charge >= 0.3 is 91.0 Å². The van der Waals surface area contributed by atoms with Crippen LogP contribution in [0.25, 0.3) is 0 Å². The molecule has 1 heteroatoms. The number of hydrogen-bond donors (Lipinski definition) is 0. The SMILES string of the molecule is Cc1ccc([Se+]c2ccccc2)cc1. The molecular weight excluding hydrogens is 235 g/mol. The van der Waals surface area contributed by atoms with Crippen LogP contribution in [0.4, 0.5) is 0 Å². The zero-order valence-corrected chi connectivity index (χ0v) is 9.82. The van der Waals surface area contributed by atoms with Crippen LogP contribution in [-0.4, -0.2) is 15.0 Å². The van der Waals surface area contributed by atoms with E-state index in [1.54, 1.807) is 0 Å². The quantitative estimate of drug-likeness (QED) is 0.708. The average Bonchev–Trinajstić information content (AvgIpc) is 2.23. The summed E-state index contributed by atoms with van der Waals surface area (Å²) in [7, 11) is 0. The van der Waals surface area contributed by atoms with Gasteiger partial charge in [0.05, 0.1) is 0 Å². The molecule has 0 aliphatic carbocycles. The van der Waals surface area contributed by atoms with E-state index in [9.17, 15) is 0 Å². The minimum atomic E-state index is 0.453. The van der Waals surface area contributed by atoms with Crippen molar-refractivity contribution >= 4 is 23.9 Å². The Balaban J connectivity index is 2.16. The molecule has 0 saturated carbocycles. The molecule has 0 N–H and O–H groups in total. The Hall–Kier alpha value is -1.04. The van der Waals surface area contributed by atoms with Crippen LogP contribution in [0.1, 0.15) is 5.56 Å². The Morgan fingerprint density at radius 1 is 0.714 bits per heavy atom. The topological polar surface area (TPSA) is 0 Å². The predicted octanol–water partition coefficient (Wildman–Crippen LogP) is 1.65. The molecule has 0 aliphatic heterocycles. The summed E-state index contributed by atoms with van der Waals surface area (Å²) in [4.78, 5) is 0. The van der Waals surface area contributed by atoms with E-state index in [1.165, 1.54) is 14.5 Å². The third kappa shape index (κ3) is 2.47. The van der Waals surface area contributed by atoms with Crippen molar-refractivity contribution in [1.82, 2.24) is 0 Å². The summed E-state index contributed by atoms with van der Waals surface area (Å²) >= 11 is 0.453. The van der Waals surface area contributed by atoms with Crippen molar-refractivity contribution < 1.29 is 0 Å². The molecule has 0 nitrogen and oxygen atoms in total. The first-order valence-electron chi connectivity index (χ1n) is 4.64. The first-order valence-corrected chi connectivity index (χ1v) is 6.35. The van der Waals surface area contributed by atoms with Crippen molar-refractivity contribution in [3.05, 3.63) is 60.2 Å². The van der Waals surface area contributed by atoms with Crippen LogP contribution in [0.2, 0.25) is 0 Å². The van der Waals surface area contributed by atoms with E-state index in [0.29, 0.717) is 15.0 Å². The zero-order chi connectivity index (χ0) is 9.80. The predicted molar refractivity (Wildman–Crippen MR) is 62.6 cm³/mol. The summed E-state index contributed by atoms with van der Waals surface area (Å²) in [5, 5.41) is 0. The Kier molecular flexibility index (Phi) is 3.03. The van der Waals surface area contributed by atoms with Crippen LogP contribution < -0.4 is 8.92 Å². The van der Waals surface area contributed by atoms with Crippen molar-refractivity contribution in [2.24, 2.45) is 0 Å². The standard InChI is InChI=1S/C13H12Se/c1-11-7-9-13(10-8-11)14-12-5-3-2-4-6-12/h2-10H,1H3/q+1. The van der Waals surface area contributed by atoms with Gasteiger partial charge in [-0.2, -0.15) is 0 Å². The average molecular weight is 247 g/mol. The zero-order valence-electron chi connectivity index (χ0n) is 8.10. The van der Waals surface area contributed by atoms with E-state index in [2.05, 4.69) is 61.5 Å². The van der Waals surface area contributed by atoms with Crippen molar-refractivity contribution in [3.63, 3.8) is 0 Å². The van der Waals surface area contributed by atoms with Gasteiger partial charge in [0.1, 0.15) is 0 Å². The van der Waals surface area contributed by atoms with Crippen molar-refractivity contribution in [2.45, 2.75) is 6.92 Å². The van der Waals surface area contributed by atoms with Crippen molar-refractivity contribution in [2.75, 3.05) is 0 Å². The van der Waals surface area contributed by atoms with Gasteiger partial charge in [-0.3, -0.25) is 0 Å². The fourth-order valence-electron chi connectivity index (χ4n) is 1.23. The summed E-state index contributed by atoms with van der Waals surface area (Å²) in [6.45, 7) is 2.12. The molecule has 0 aliphatic rings. The molecule has 2 aromatic carbocycles. The third-order valence-corrected chi connectivity index (χ3v) is 4.13. The van der Waals surface area contributed by atoms with Gasteiger partial charge in [0.15, 0.2) is 0 Å². The van der Waals surface area contributed by atoms with Crippen LogP contribution in [0, 0.1) is 6.92 Å². The van der Waals surface area contributed by atoms with Crippen molar-refractivity contribution in [1.29, 1.82) is 0 Å². The molecular formula is C13H12Se+. The van der Waals surface area contributed by atoms with Gasteiger partial charge in [0.25, 0.3) is 0 Å². The molecule has 0 amide bonds. The van der Waals surface area contributed by atoms with Gasteiger partial charge in [-0.1, -0.05) is 0 Å². The molecule has 0 unspecified atom stereocenters. The molecule has 0 spiro atoms. The molecule has 0 atom stereocenters. The molecule has 2 aromatic rings.